The fourth-order valence-corrected chi connectivity index (χ4v) is 2.81. The highest BCUT2D eigenvalue weighted by atomic mass is 16.3. The van der Waals surface area contributed by atoms with E-state index in [1.807, 2.05) is 24.3 Å². The minimum absolute atomic E-state index is 0.103. The van der Waals surface area contributed by atoms with Gasteiger partial charge in [0.05, 0.1) is 12.6 Å². The van der Waals surface area contributed by atoms with Gasteiger partial charge in [-0.2, -0.15) is 5.10 Å². The number of benzene rings is 1. The van der Waals surface area contributed by atoms with E-state index in [0.29, 0.717) is 0 Å². The van der Waals surface area contributed by atoms with E-state index >= 15 is 0 Å². The number of rotatable bonds is 4. The average Bonchev–Trinajstić information content (AvgIpc) is 2.84. The van der Waals surface area contributed by atoms with Crippen molar-refractivity contribution in [2.24, 2.45) is 0 Å². The van der Waals surface area contributed by atoms with E-state index in [1.165, 1.54) is 10.2 Å². The van der Waals surface area contributed by atoms with E-state index in [0.717, 1.165) is 43.6 Å². The van der Waals surface area contributed by atoms with Crippen LogP contribution in [0, 0.1) is 0 Å². The predicted molar refractivity (Wildman–Crippen MR) is 80.2 cm³/mol. The molecule has 0 aliphatic carbocycles. The van der Waals surface area contributed by atoms with Crippen molar-refractivity contribution in [3.05, 3.63) is 51.7 Å². The summed E-state index contributed by atoms with van der Waals surface area (Å²) in [5, 5.41) is 14.7. The van der Waals surface area contributed by atoms with Crippen LogP contribution in [-0.2, 0) is 25.9 Å². The lowest BCUT2D eigenvalue weighted by atomic mass is 10.1. The predicted octanol–water partition coefficient (Wildman–Crippen LogP) is 1.68. The first-order valence-electron chi connectivity index (χ1n) is 7.62. The lowest BCUT2D eigenvalue weighted by molar-refractivity contribution is 0.149. The highest BCUT2D eigenvalue weighted by Crippen LogP contribution is 2.16. The fraction of sp³-hybridized carbons (Fsp3) is 0.500. The molecule has 0 fully saturated rings. The second-order valence-electron chi connectivity index (χ2n) is 5.60. The molecule has 5 nitrogen and oxygen atoms in total. The van der Waals surface area contributed by atoms with Gasteiger partial charge in [0.25, 0.3) is 0 Å². The Kier molecular flexibility index (Phi) is 3.92. The van der Waals surface area contributed by atoms with Crippen molar-refractivity contribution in [1.29, 1.82) is 0 Å². The molecule has 3 rings (SSSR count). The maximum Gasteiger partial charge on any atom is 0.346 e. The molecule has 0 spiro atoms. The Balaban J connectivity index is 1.79. The molecule has 5 heteroatoms. The first-order valence-corrected chi connectivity index (χ1v) is 7.62. The smallest absolute Gasteiger partial charge is 0.346 e. The normalized spacial score (nSPS) is 15.7. The van der Waals surface area contributed by atoms with Crippen LogP contribution in [0.1, 0.15) is 42.8 Å². The van der Waals surface area contributed by atoms with Crippen LogP contribution in [0.3, 0.4) is 0 Å². The highest BCUT2D eigenvalue weighted by molar-refractivity contribution is 5.24. The Morgan fingerprint density at radius 3 is 2.71 bits per heavy atom. The molecule has 21 heavy (non-hydrogen) atoms. The monoisotopic (exact) mass is 287 g/mol. The van der Waals surface area contributed by atoms with Gasteiger partial charge in [0, 0.05) is 13.0 Å². The number of nitrogens with zero attached hydrogens (tertiary/aromatic N) is 3. The molecule has 2 heterocycles. The Morgan fingerprint density at radius 1 is 1.29 bits per heavy atom. The Bertz CT molecular complexity index is 670. The zero-order chi connectivity index (χ0) is 14.8. The third-order valence-electron chi connectivity index (χ3n) is 4.15. The fourth-order valence-electron chi connectivity index (χ4n) is 2.81. The van der Waals surface area contributed by atoms with Crippen molar-refractivity contribution in [3.8, 4) is 0 Å². The van der Waals surface area contributed by atoms with Gasteiger partial charge < -0.3 is 5.11 Å². The van der Waals surface area contributed by atoms with E-state index in [9.17, 15) is 9.90 Å². The molecule has 1 aromatic carbocycles. The van der Waals surface area contributed by atoms with Gasteiger partial charge in [-0.05, 0) is 30.4 Å². The van der Waals surface area contributed by atoms with Crippen LogP contribution in [0.4, 0.5) is 0 Å². The number of aryl methyl sites for hydroxylation is 2. The van der Waals surface area contributed by atoms with Crippen LogP contribution < -0.4 is 5.69 Å². The van der Waals surface area contributed by atoms with E-state index in [4.69, 9.17) is 0 Å². The number of hydrogen-bond donors (Lipinski definition) is 1. The first-order chi connectivity index (χ1) is 10.2. The summed E-state index contributed by atoms with van der Waals surface area (Å²) in [6.45, 7) is 3.06. The molecule has 1 atom stereocenters. The van der Waals surface area contributed by atoms with Crippen LogP contribution in [0.25, 0.3) is 0 Å². The molecular weight excluding hydrogens is 266 g/mol. The molecule has 1 aliphatic heterocycles. The summed E-state index contributed by atoms with van der Waals surface area (Å²) >= 11 is 0. The number of aliphatic hydroxyl groups is 1. The first kappa shape index (κ1) is 14.1. The Hall–Kier alpha value is -1.88. The molecule has 1 aliphatic rings. The maximum atomic E-state index is 12.2. The van der Waals surface area contributed by atoms with Crippen LogP contribution in [0.2, 0.25) is 0 Å². The van der Waals surface area contributed by atoms with Gasteiger partial charge >= 0.3 is 5.69 Å². The zero-order valence-corrected chi connectivity index (χ0v) is 12.3. The molecule has 0 saturated carbocycles. The summed E-state index contributed by atoms with van der Waals surface area (Å²) in [6.07, 6.45) is 3.23. The minimum atomic E-state index is -0.703. The second kappa shape index (κ2) is 5.85. The Morgan fingerprint density at radius 2 is 2.05 bits per heavy atom. The molecule has 0 radical (unpaired) electrons. The quantitative estimate of drug-likeness (QED) is 0.930. The van der Waals surface area contributed by atoms with Crippen LogP contribution in [-0.4, -0.2) is 19.5 Å². The summed E-state index contributed by atoms with van der Waals surface area (Å²) in [4.78, 5) is 12.2. The number of hydrogen-bond acceptors (Lipinski definition) is 3. The molecule has 0 saturated heterocycles. The zero-order valence-electron chi connectivity index (χ0n) is 12.3. The molecule has 1 unspecified atom stereocenters. The van der Waals surface area contributed by atoms with Crippen molar-refractivity contribution >= 4 is 0 Å². The standard InChI is InChI=1S/C16H21N3O2/c1-2-12-6-8-13(9-7-12)14(20)11-19-16(21)18-10-4-3-5-15(18)17-19/h6-9,14,20H,2-5,10-11H2,1H3. The van der Waals surface area contributed by atoms with Crippen molar-refractivity contribution in [2.75, 3.05) is 0 Å². The molecule has 1 aromatic heterocycles. The molecular formula is C16H21N3O2. The van der Waals surface area contributed by atoms with Gasteiger partial charge in [-0.1, -0.05) is 31.2 Å². The Labute approximate surface area is 123 Å². The molecule has 2 aromatic rings. The van der Waals surface area contributed by atoms with E-state index < -0.39 is 6.10 Å². The number of aliphatic hydroxyl groups excluding tert-OH is 1. The second-order valence-corrected chi connectivity index (χ2v) is 5.60. The third kappa shape index (κ3) is 2.78. The topological polar surface area (TPSA) is 60.0 Å². The van der Waals surface area contributed by atoms with Crippen molar-refractivity contribution < 1.29 is 5.11 Å². The van der Waals surface area contributed by atoms with E-state index in [2.05, 4.69) is 12.0 Å². The average molecular weight is 287 g/mol. The third-order valence-corrected chi connectivity index (χ3v) is 4.15. The van der Waals surface area contributed by atoms with Gasteiger partial charge in [-0.25, -0.2) is 9.48 Å². The van der Waals surface area contributed by atoms with Crippen LogP contribution in [0.5, 0.6) is 0 Å². The summed E-state index contributed by atoms with van der Waals surface area (Å²) in [5.41, 5.74) is 1.96. The van der Waals surface area contributed by atoms with Gasteiger partial charge in [0.2, 0.25) is 0 Å². The van der Waals surface area contributed by atoms with Gasteiger partial charge in [0.1, 0.15) is 5.82 Å². The molecule has 0 amide bonds. The highest BCUT2D eigenvalue weighted by Gasteiger charge is 2.18. The summed E-state index contributed by atoms with van der Waals surface area (Å²) in [5.74, 6) is 0.847. The summed E-state index contributed by atoms with van der Waals surface area (Å²) in [6, 6.07) is 7.87. The van der Waals surface area contributed by atoms with E-state index in [-0.39, 0.29) is 12.2 Å². The molecule has 112 valence electrons. The van der Waals surface area contributed by atoms with E-state index in [1.54, 1.807) is 4.57 Å². The largest absolute Gasteiger partial charge is 0.386 e. The van der Waals surface area contributed by atoms with Crippen molar-refractivity contribution in [3.63, 3.8) is 0 Å². The van der Waals surface area contributed by atoms with Gasteiger partial charge in [0.15, 0.2) is 0 Å². The number of fused-ring (bicyclic) bond motifs is 1. The van der Waals surface area contributed by atoms with Gasteiger partial charge in [-0.15, -0.1) is 0 Å². The number of aromatic nitrogens is 3. The molecule has 1 N–H and O–H groups in total. The van der Waals surface area contributed by atoms with Crippen molar-refractivity contribution in [1.82, 2.24) is 14.3 Å². The van der Waals surface area contributed by atoms with Gasteiger partial charge in [-0.3, -0.25) is 4.57 Å². The lowest BCUT2D eigenvalue weighted by Crippen LogP contribution is -2.28. The van der Waals surface area contributed by atoms with Crippen LogP contribution >= 0.6 is 0 Å². The lowest BCUT2D eigenvalue weighted by Gasteiger charge is -2.10. The minimum Gasteiger partial charge on any atom is -0.386 e. The summed E-state index contributed by atoms with van der Waals surface area (Å²) in [7, 11) is 0. The molecule has 0 bridgehead atoms. The SMILES string of the molecule is CCc1ccc(C(O)Cn2nc3n(c2=O)CCCC3)cc1. The summed E-state index contributed by atoms with van der Waals surface area (Å²) < 4.78 is 3.13. The van der Waals surface area contributed by atoms with Crippen molar-refractivity contribution in [2.45, 2.75) is 51.8 Å². The van der Waals surface area contributed by atoms with Crippen LogP contribution in [0.15, 0.2) is 29.1 Å². The maximum absolute atomic E-state index is 12.2.